The molecule has 0 N–H and O–H groups in total. The summed E-state index contributed by atoms with van der Waals surface area (Å²) in [5, 5.41) is 4.53. The molecule has 26 heavy (non-hydrogen) atoms. The molecule has 2 aromatic heterocycles. The van der Waals surface area contributed by atoms with Crippen molar-refractivity contribution in [2.24, 2.45) is 7.05 Å². The van der Waals surface area contributed by atoms with Crippen LogP contribution in [0.15, 0.2) is 30.7 Å². The van der Waals surface area contributed by atoms with Crippen LogP contribution in [0, 0.1) is 13.8 Å². The number of anilines is 1. The number of hydrogen-bond acceptors (Lipinski definition) is 3. The Kier molecular flexibility index (Phi) is 4.10. The van der Waals surface area contributed by atoms with E-state index in [-0.39, 0.29) is 0 Å². The van der Waals surface area contributed by atoms with E-state index in [9.17, 15) is 0 Å². The lowest BCUT2D eigenvalue weighted by molar-refractivity contribution is 0.693. The molecular formula is C21H27N5. The van der Waals surface area contributed by atoms with Crippen molar-refractivity contribution in [3.05, 3.63) is 53.2 Å². The highest BCUT2D eigenvalue weighted by molar-refractivity contribution is 5.69. The van der Waals surface area contributed by atoms with E-state index < -0.39 is 0 Å². The predicted octanol–water partition coefficient (Wildman–Crippen LogP) is 3.52. The molecule has 4 rings (SSSR count). The molecule has 0 fully saturated rings. The maximum Gasteiger partial charge on any atom is 0.0951 e. The third kappa shape index (κ3) is 2.71. The van der Waals surface area contributed by atoms with Gasteiger partial charge in [-0.1, -0.05) is 6.07 Å². The number of hydrogen-bond donors (Lipinski definition) is 0. The average Bonchev–Trinajstić information content (AvgIpc) is 3.25. The van der Waals surface area contributed by atoms with Crippen LogP contribution in [0.3, 0.4) is 0 Å². The summed E-state index contributed by atoms with van der Waals surface area (Å²) < 4.78 is 4.23. The van der Waals surface area contributed by atoms with Gasteiger partial charge in [0.2, 0.25) is 0 Å². The topological polar surface area (TPSA) is 38.9 Å². The van der Waals surface area contributed by atoms with E-state index in [4.69, 9.17) is 0 Å². The van der Waals surface area contributed by atoms with E-state index in [0.29, 0.717) is 6.04 Å². The van der Waals surface area contributed by atoms with Crippen molar-refractivity contribution in [3.8, 4) is 11.3 Å². The van der Waals surface area contributed by atoms with Gasteiger partial charge in [0.15, 0.2) is 0 Å². The second-order valence-corrected chi connectivity index (χ2v) is 7.50. The Morgan fingerprint density at radius 2 is 2.00 bits per heavy atom. The van der Waals surface area contributed by atoms with Crippen LogP contribution in [-0.2, 0) is 26.4 Å². The largest absolute Gasteiger partial charge is 0.371 e. The first-order chi connectivity index (χ1) is 12.5. The van der Waals surface area contributed by atoms with Crippen molar-refractivity contribution in [1.82, 2.24) is 19.3 Å². The maximum atomic E-state index is 4.53. The fraction of sp³-hybridized carbons (Fsp3) is 0.429. The van der Waals surface area contributed by atoms with Crippen LogP contribution in [0.2, 0.25) is 0 Å². The summed E-state index contributed by atoms with van der Waals surface area (Å²) in [6, 6.07) is 7.38. The van der Waals surface area contributed by atoms with Gasteiger partial charge in [-0.25, -0.2) is 4.98 Å². The Hall–Kier alpha value is -2.56. The standard InChI is InChI=1S/C21H27N5/c1-14-10-18-11-17(6-7-20(18)24(14)4)21-12-22-13-26(21)9-8-19-15(2)23-25(5)16(19)3/h6-7,11-14H,8-10H2,1-5H3. The van der Waals surface area contributed by atoms with Crippen LogP contribution >= 0.6 is 0 Å². The Bertz CT molecular complexity index is 949. The summed E-state index contributed by atoms with van der Waals surface area (Å²) in [5.41, 5.74) is 8.95. The minimum absolute atomic E-state index is 0.571. The SMILES string of the molecule is Cc1nn(C)c(C)c1CCn1cncc1-c1ccc2c(c1)CC(C)N2C. The van der Waals surface area contributed by atoms with Crippen LogP contribution in [0.5, 0.6) is 0 Å². The summed E-state index contributed by atoms with van der Waals surface area (Å²) >= 11 is 0. The number of likely N-dealkylation sites (N-methyl/N-ethyl adjacent to an activating group) is 1. The first kappa shape index (κ1) is 16.9. The fourth-order valence-electron chi connectivity index (χ4n) is 4.10. The minimum Gasteiger partial charge on any atom is -0.371 e. The van der Waals surface area contributed by atoms with Crippen molar-refractivity contribution < 1.29 is 0 Å². The van der Waals surface area contributed by atoms with Crippen LogP contribution in [-0.4, -0.2) is 32.4 Å². The molecule has 1 aromatic carbocycles. The molecule has 0 spiro atoms. The third-order valence-corrected chi connectivity index (χ3v) is 5.91. The van der Waals surface area contributed by atoms with E-state index in [0.717, 1.165) is 25.1 Å². The summed E-state index contributed by atoms with van der Waals surface area (Å²) in [5.74, 6) is 0. The minimum atomic E-state index is 0.571. The van der Waals surface area contributed by atoms with Crippen molar-refractivity contribution >= 4 is 5.69 Å². The highest BCUT2D eigenvalue weighted by Gasteiger charge is 2.23. The molecule has 1 atom stereocenters. The Morgan fingerprint density at radius 1 is 1.19 bits per heavy atom. The zero-order valence-corrected chi connectivity index (χ0v) is 16.3. The lowest BCUT2D eigenvalue weighted by Gasteiger charge is -2.18. The molecule has 5 nitrogen and oxygen atoms in total. The predicted molar refractivity (Wildman–Crippen MR) is 106 cm³/mol. The van der Waals surface area contributed by atoms with E-state index in [1.807, 2.05) is 24.3 Å². The number of aromatic nitrogens is 4. The molecule has 1 unspecified atom stereocenters. The fourth-order valence-corrected chi connectivity index (χ4v) is 4.10. The zero-order chi connectivity index (χ0) is 18.4. The molecule has 0 amide bonds. The highest BCUT2D eigenvalue weighted by Crippen LogP contribution is 2.34. The van der Waals surface area contributed by atoms with E-state index >= 15 is 0 Å². The second-order valence-electron chi connectivity index (χ2n) is 7.50. The number of imidazole rings is 1. The van der Waals surface area contributed by atoms with Gasteiger partial charge < -0.3 is 9.47 Å². The monoisotopic (exact) mass is 349 g/mol. The van der Waals surface area contributed by atoms with Crippen LogP contribution in [0.1, 0.15) is 29.4 Å². The summed E-state index contributed by atoms with van der Waals surface area (Å²) in [6.45, 7) is 7.43. The summed E-state index contributed by atoms with van der Waals surface area (Å²) in [6.07, 6.45) is 6.01. The third-order valence-electron chi connectivity index (χ3n) is 5.91. The number of fused-ring (bicyclic) bond motifs is 1. The maximum absolute atomic E-state index is 4.53. The molecule has 1 aliphatic rings. The second kappa shape index (κ2) is 6.31. The zero-order valence-electron chi connectivity index (χ0n) is 16.3. The van der Waals surface area contributed by atoms with Crippen LogP contribution < -0.4 is 4.90 Å². The van der Waals surface area contributed by atoms with Gasteiger partial charge in [-0.05, 0) is 56.9 Å². The smallest absolute Gasteiger partial charge is 0.0951 e. The van der Waals surface area contributed by atoms with Gasteiger partial charge in [0.05, 0.1) is 23.9 Å². The molecule has 3 aromatic rings. The number of aryl methyl sites for hydroxylation is 3. The molecule has 0 saturated carbocycles. The summed E-state index contributed by atoms with van der Waals surface area (Å²) in [4.78, 5) is 6.78. The number of nitrogens with zero attached hydrogens (tertiary/aromatic N) is 5. The quantitative estimate of drug-likeness (QED) is 0.723. The average molecular weight is 349 g/mol. The molecule has 136 valence electrons. The Balaban J connectivity index is 1.59. The highest BCUT2D eigenvalue weighted by atomic mass is 15.3. The van der Waals surface area contributed by atoms with Crippen LogP contribution in [0.25, 0.3) is 11.3 Å². The normalized spacial score (nSPS) is 16.3. The van der Waals surface area contributed by atoms with Crippen LogP contribution in [0.4, 0.5) is 5.69 Å². The van der Waals surface area contributed by atoms with E-state index in [2.05, 4.69) is 65.6 Å². The molecule has 1 aliphatic heterocycles. The van der Waals surface area contributed by atoms with Gasteiger partial charge in [-0.15, -0.1) is 0 Å². The molecule has 0 radical (unpaired) electrons. The van der Waals surface area contributed by atoms with Gasteiger partial charge in [0.25, 0.3) is 0 Å². The van der Waals surface area contributed by atoms with Crippen molar-refractivity contribution in [1.29, 1.82) is 0 Å². The van der Waals surface area contributed by atoms with Crippen molar-refractivity contribution in [2.75, 3.05) is 11.9 Å². The molecule has 0 aliphatic carbocycles. The van der Waals surface area contributed by atoms with Gasteiger partial charge in [0.1, 0.15) is 0 Å². The molecular weight excluding hydrogens is 322 g/mol. The number of benzene rings is 1. The molecule has 0 saturated heterocycles. The Morgan fingerprint density at radius 3 is 2.73 bits per heavy atom. The Labute approximate surface area is 155 Å². The van der Waals surface area contributed by atoms with Gasteiger partial charge >= 0.3 is 0 Å². The van der Waals surface area contributed by atoms with Gasteiger partial charge in [0, 0.05) is 43.6 Å². The van der Waals surface area contributed by atoms with Gasteiger partial charge in [-0.2, -0.15) is 5.10 Å². The molecule has 5 heteroatoms. The molecule has 0 bridgehead atoms. The number of rotatable bonds is 4. The first-order valence-corrected chi connectivity index (χ1v) is 9.31. The lowest BCUT2D eigenvalue weighted by Crippen LogP contribution is -2.23. The lowest BCUT2D eigenvalue weighted by atomic mass is 10.0. The van der Waals surface area contributed by atoms with Crippen molar-refractivity contribution in [3.63, 3.8) is 0 Å². The molecule has 3 heterocycles. The van der Waals surface area contributed by atoms with E-state index in [1.165, 1.54) is 33.8 Å². The first-order valence-electron chi connectivity index (χ1n) is 9.31. The van der Waals surface area contributed by atoms with E-state index in [1.54, 1.807) is 0 Å². The van der Waals surface area contributed by atoms with Gasteiger partial charge in [-0.3, -0.25) is 4.68 Å². The summed E-state index contributed by atoms with van der Waals surface area (Å²) in [7, 11) is 4.19. The van der Waals surface area contributed by atoms with Crippen molar-refractivity contribution in [2.45, 2.75) is 46.2 Å².